The highest BCUT2D eigenvalue weighted by Gasteiger charge is 2.60. The zero-order chi connectivity index (χ0) is 25.2. The van der Waals surface area contributed by atoms with Gasteiger partial charge in [0.1, 0.15) is 12.8 Å². The van der Waals surface area contributed by atoms with Gasteiger partial charge in [-0.3, -0.25) is 4.79 Å². The molecule has 1 aliphatic carbocycles. The number of carbonyl (C=O) groups is 1. The molecule has 12 heteroatoms. The number of hydrogen-bond acceptors (Lipinski definition) is 5. The van der Waals surface area contributed by atoms with Crippen LogP contribution in [0.15, 0.2) is 48.5 Å². The molecule has 2 aromatic carbocycles. The third-order valence-electron chi connectivity index (χ3n) is 5.26. The average molecular weight is 513 g/mol. The van der Waals surface area contributed by atoms with E-state index in [1.54, 1.807) is 24.3 Å². The largest absolute Gasteiger partial charge is 0.460 e. The van der Waals surface area contributed by atoms with Crippen LogP contribution in [0, 0.1) is 0 Å². The number of nitrogens with zero attached hydrogens (tertiary/aromatic N) is 3. The summed E-state index contributed by atoms with van der Waals surface area (Å²) in [6, 6.07) is 10.9. The molecule has 4 rings (SSSR count). The fourth-order valence-corrected chi connectivity index (χ4v) is 3.44. The van der Waals surface area contributed by atoms with Crippen LogP contribution in [0.25, 0.3) is 17.1 Å². The fraction of sp³-hybridized carbons (Fsp3) is 0.348. The van der Waals surface area contributed by atoms with Crippen molar-refractivity contribution in [1.82, 2.24) is 14.8 Å². The molecule has 186 valence electrons. The van der Waals surface area contributed by atoms with E-state index in [1.807, 2.05) is 6.92 Å². The molecular weight excluding hydrogens is 492 g/mol. The number of amides is 1. The van der Waals surface area contributed by atoms with Gasteiger partial charge in [-0.25, -0.2) is 9.07 Å². The van der Waals surface area contributed by atoms with Crippen molar-refractivity contribution in [3.63, 3.8) is 0 Å². The number of aromatic nitrogens is 3. The second kappa shape index (κ2) is 9.82. The lowest BCUT2D eigenvalue weighted by atomic mass is 10.1. The van der Waals surface area contributed by atoms with Crippen LogP contribution in [-0.2, 0) is 15.7 Å². The smallest absolute Gasteiger partial charge is 0.416 e. The number of rotatable bonds is 9. The van der Waals surface area contributed by atoms with E-state index in [0.717, 1.165) is 12.1 Å². The maximum atomic E-state index is 13.4. The molecule has 0 unspecified atom stereocenters. The highest BCUT2D eigenvalue weighted by atomic mass is 35.5. The minimum atomic E-state index is -4.48. The Balaban J connectivity index is 1.65. The molecule has 7 nitrogen and oxygen atoms in total. The summed E-state index contributed by atoms with van der Waals surface area (Å²) in [6.45, 7) is 2.82. The monoisotopic (exact) mass is 512 g/mol. The molecule has 0 radical (unpaired) electrons. The van der Waals surface area contributed by atoms with E-state index in [2.05, 4.69) is 15.4 Å². The van der Waals surface area contributed by atoms with E-state index in [4.69, 9.17) is 21.1 Å². The summed E-state index contributed by atoms with van der Waals surface area (Å²) in [5.41, 5.74) is 0.324. The van der Waals surface area contributed by atoms with Crippen LogP contribution in [0.5, 0.6) is 6.01 Å². The summed E-state index contributed by atoms with van der Waals surface area (Å²) in [7, 11) is 0. The van der Waals surface area contributed by atoms with Crippen molar-refractivity contribution in [2.45, 2.75) is 30.6 Å². The zero-order valence-corrected chi connectivity index (χ0v) is 19.2. The first-order valence-electron chi connectivity index (χ1n) is 10.7. The number of ether oxygens (including phenoxy) is 2. The van der Waals surface area contributed by atoms with Crippen molar-refractivity contribution in [1.29, 1.82) is 0 Å². The van der Waals surface area contributed by atoms with Gasteiger partial charge in [0.15, 0.2) is 10.7 Å². The lowest BCUT2D eigenvalue weighted by molar-refractivity contribution is -0.137. The molecule has 35 heavy (non-hydrogen) atoms. The normalized spacial score (nSPS) is 19.4. The first-order chi connectivity index (χ1) is 16.6. The first-order valence-corrected chi connectivity index (χ1v) is 11.1. The number of halogens is 5. The third-order valence-corrected chi connectivity index (χ3v) is 5.82. The van der Waals surface area contributed by atoms with Crippen molar-refractivity contribution in [3.8, 4) is 23.1 Å². The Morgan fingerprint density at radius 3 is 2.57 bits per heavy atom. The minimum absolute atomic E-state index is 0.00741. The van der Waals surface area contributed by atoms with Gasteiger partial charge in [0.05, 0.1) is 17.9 Å². The van der Waals surface area contributed by atoms with Crippen molar-refractivity contribution < 1.29 is 31.8 Å². The molecule has 0 bridgehead atoms. The molecule has 1 aromatic heterocycles. The van der Waals surface area contributed by atoms with E-state index < -0.39 is 28.7 Å². The van der Waals surface area contributed by atoms with Crippen LogP contribution >= 0.6 is 11.6 Å². The summed E-state index contributed by atoms with van der Waals surface area (Å²) in [6.07, 6.45) is -5.96. The molecule has 1 heterocycles. The SMILES string of the molecule is CCOCCOc1nc(-c2ccc(C(F)(F)F)cc2)n(-c2cccc(NC(=O)[C@@]3(Cl)C[C@@H]3F)c2)n1. The third kappa shape index (κ3) is 5.57. The maximum Gasteiger partial charge on any atom is 0.416 e. The predicted octanol–water partition coefficient (Wildman–Crippen LogP) is 5.03. The van der Waals surface area contributed by atoms with Gasteiger partial charge in [-0.05, 0) is 37.3 Å². The highest BCUT2D eigenvalue weighted by molar-refractivity contribution is 6.39. The number of benzene rings is 2. The van der Waals surface area contributed by atoms with Gasteiger partial charge in [0, 0.05) is 24.3 Å². The second-order valence-electron chi connectivity index (χ2n) is 7.79. The summed E-state index contributed by atoms with van der Waals surface area (Å²) in [5, 5.41) is 6.90. The maximum absolute atomic E-state index is 13.4. The topological polar surface area (TPSA) is 78.3 Å². The van der Waals surface area contributed by atoms with Crippen LogP contribution in [-0.4, -0.2) is 51.5 Å². The first kappa shape index (κ1) is 24.9. The number of hydrogen-bond donors (Lipinski definition) is 1. The van der Waals surface area contributed by atoms with E-state index in [9.17, 15) is 22.4 Å². The zero-order valence-electron chi connectivity index (χ0n) is 18.5. The number of alkyl halides is 5. The number of nitrogens with one attached hydrogen (secondary N) is 1. The Bertz CT molecular complexity index is 1200. The van der Waals surface area contributed by atoms with Crippen molar-refractivity contribution in [2.24, 2.45) is 0 Å². The van der Waals surface area contributed by atoms with Gasteiger partial charge in [0.25, 0.3) is 0 Å². The van der Waals surface area contributed by atoms with Crippen LogP contribution in [0.3, 0.4) is 0 Å². The van der Waals surface area contributed by atoms with Crippen molar-refractivity contribution >= 4 is 23.2 Å². The number of anilines is 1. The van der Waals surface area contributed by atoms with Crippen molar-refractivity contribution in [2.75, 3.05) is 25.1 Å². The summed E-state index contributed by atoms with van der Waals surface area (Å²) in [5.74, 6) is -0.446. The molecule has 1 aliphatic rings. The molecular formula is C23H21ClF4N4O3. The van der Waals surface area contributed by atoms with Gasteiger partial charge in [-0.2, -0.15) is 18.2 Å². The molecule has 1 amide bonds. The van der Waals surface area contributed by atoms with Crippen LogP contribution in [0.2, 0.25) is 0 Å². The fourth-order valence-electron chi connectivity index (χ4n) is 3.25. The Morgan fingerprint density at radius 1 is 1.23 bits per heavy atom. The second-order valence-corrected chi connectivity index (χ2v) is 8.46. The van der Waals surface area contributed by atoms with E-state index in [-0.39, 0.29) is 24.9 Å². The van der Waals surface area contributed by atoms with E-state index >= 15 is 0 Å². The van der Waals surface area contributed by atoms with Gasteiger partial charge in [-0.15, -0.1) is 16.7 Å². The van der Waals surface area contributed by atoms with Crippen LogP contribution < -0.4 is 10.1 Å². The van der Waals surface area contributed by atoms with Crippen molar-refractivity contribution in [3.05, 3.63) is 54.1 Å². The molecule has 2 atom stereocenters. The molecule has 1 fully saturated rings. The van der Waals surface area contributed by atoms with Gasteiger partial charge >= 0.3 is 12.2 Å². The molecule has 1 N–H and O–H groups in total. The molecule has 3 aromatic rings. The van der Waals surface area contributed by atoms with E-state index in [1.165, 1.54) is 16.8 Å². The summed E-state index contributed by atoms with van der Waals surface area (Å²) in [4.78, 5) is 15.0. The molecule has 0 spiro atoms. The molecule has 0 saturated heterocycles. The Morgan fingerprint density at radius 2 is 1.94 bits per heavy atom. The lowest BCUT2D eigenvalue weighted by Gasteiger charge is -2.11. The van der Waals surface area contributed by atoms with E-state index in [0.29, 0.717) is 30.2 Å². The highest BCUT2D eigenvalue weighted by Crippen LogP contribution is 2.46. The predicted molar refractivity (Wildman–Crippen MR) is 121 cm³/mol. The minimum Gasteiger partial charge on any atom is -0.460 e. The van der Waals surface area contributed by atoms with Crippen LogP contribution in [0.1, 0.15) is 18.9 Å². The Labute approximate surface area is 203 Å². The summed E-state index contributed by atoms with van der Waals surface area (Å²) >= 11 is 5.95. The van der Waals surface area contributed by atoms with Crippen LogP contribution in [0.4, 0.5) is 23.2 Å². The Hall–Kier alpha value is -3.18. The summed E-state index contributed by atoms with van der Waals surface area (Å²) < 4.78 is 64.6. The van der Waals surface area contributed by atoms with Gasteiger partial charge in [0.2, 0.25) is 5.91 Å². The van der Waals surface area contributed by atoms with Gasteiger partial charge < -0.3 is 14.8 Å². The van der Waals surface area contributed by atoms with Gasteiger partial charge in [-0.1, -0.05) is 18.2 Å². The lowest BCUT2D eigenvalue weighted by Crippen LogP contribution is -2.27. The molecule has 0 aliphatic heterocycles. The number of carbonyl (C=O) groups excluding carboxylic acids is 1. The quantitative estimate of drug-likeness (QED) is 0.247. The molecule has 1 saturated carbocycles. The standard InChI is InChI=1S/C23H21ClF4N4O3/c1-2-34-10-11-35-21-30-19(14-6-8-15(9-7-14)23(26,27)28)32(31-21)17-5-3-4-16(12-17)29-20(33)22(24)13-18(22)25/h3-9,12,18H,2,10-11,13H2,1H3,(H,29,33)/t18-,22+/m0/s1. The average Bonchev–Trinajstić information content (AvgIpc) is 3.25. The Kier molecular flexibility index (Phi) is 7.00.